The van der Waals surface area contributed by atoms with Crippen LogP contribution in [0.15, 0.2) is 0 Å². The zero-order chi connectivity index (χ0) is 13.8. The summed E-state index contributed by atoms with van der Waals surface area (Å²) in [6, 6.07) is 0. The topological polar surface area (TPSA) is 44.8 Å². The van der Waals surface area contributed by atoms with E-state index in [0.717, 1.165) is 32.0 Å². The Morgan fingerprint density at radius 3 is 2.39 bits per heavy atom. The summed E-state index contributed by atoms with van der Waals surface area (Å²) in [6.45, 7) is 4.54. The van der Waals surface area contributed by atoms with Crippen LogP contribution in [0.2, 0.25) is 0 Å². The van der Waals surface area contributed by atoms with Crippen molar-refractivity contribution in [3.63, 3.8) is 0 Å². The standard InChI is InChI=1S/C14H28O4/c1-5-6-13(18-11-16-3)10-14(17-4)9-12(2)7-8-15/h8,12-14H,5-7,9-11H2,1-4H3/t12-,13+,14+/m1/s1. The highest BCUT2D eigenvalue weighted by Crippen LogP contribution is 2.19. The maximum absolute atomic E-state index is 10.5. The predicted octanol–water partition coefficient (Wildman–Crippen LogP) is 2.80. The summed E-state index contributed by atoms with van der Waals surface area (Å²) in [5, 5.41) is 0. The molecule has 0 aliphatic rings. The fourth-order valence-electron chi connectivity index (χ4n) is 2.05. The van der Waals surface area contributed by atoms with Crippen molar-refractivity contribution in [1.29, 1.82) is 0 Å². The van der Waals surface area contributed by atoms with Gasteiger partial charge in [0.25, 0.3) is 0 Å². The Morgan fingerprint density at radius 2 is 1.89 bits per heavy atom. The monoisotopic (exact) mass is 260 g/mol. The Labute approximate surface area is 111 Å². The molecule has 3 atom stereocenters. The van der Waals surface area contributed by atoms with E-state index in [1.54, 1.807) is 14.2 Å². The first-order valence-electron chi connectivity index (χ1n) is 6.74. The number of aldehydes is 1. The van der Waals surface area contributed by atoms with Crippen LogP contribution in [-0.4, -0.2) is 39.5 Å². The van der Waals surface area contributed by atoms with Gasteiger partial charge < -0.3 is 19.0 Å². The van der Waals surface area contributed by atoms with Crippen LogP contribution in [0, 0.1) is 5.92 Å². The lowest BCUT2D eigenvalue weighted by molar-refractivity contribution is -0.109. The molecule has 0 aromatic carbocycles. The Morgan fingerprint density at radius 1 is 1.17 bits per heavy atom. The number of hydrogen-bond donors (Lipinski definition) is 0. The second kappa shape index (κ2) is 11.6. The number of ether oxygens (including phenoxy) is 3. The van der Waals surface area contributed by atoms with Gasteiger partial charge in [0.1, 0.15) is 13.1 Å². The van der Waals surface area contributed by atoms with Gasteiger partial charge in [0.2, 0.25) is 0 Å². The van der Waals surface area contributed by atoms with Crippen molar-refractivity contribution in [3.8, 4) is 0 Å². The summed E-state index contributed by atoms with van der Waals surface area (Å²) in [6.07, 6.45) is 5.72. The maximum Gasteiger partial charge on any atom is 0.146 e. The largest absolute Gasteiger partial charge is 0.381 e. The quantitative estimate of drug-likeness (QED) is 0.400. The minimum Gasteiger partial charge on any atom is -0.381 e. The number of methoxy groups -OCH3 is 2. The third-order valence-electron chi connectivity index (χ3n) is 3.06. The van der Waals surface area contributed by atoms with Crippen molar-refractivity contribution in [2.75, 3.05) is 21.0 Å². The molecule has 18 heavy (non-hydrogen) atoms. The molecule has 0 unspecified atom stereocenters. The summed E-state index contributed by atoms with van der Waals surface area (Å²) < 4.78 is 16.1. The van der Waals surface area contributed by atoms with Gasteiger partial charge >= 0.3 is 0 Å². The van der Waals surface area contributed by atoms with Gasteiger partial charge in [0.15, 0.2) is 0 Å². The van der Waals surface area contributed by atoms with Gasteiger partial charge in [-0.2, -0.15) is 0 Å². The van der Waals surface area contributed by atoms with E-state index in [4.69, 9.17) is 14.2 Å². The first-order chi connectivity index (χ1) is 8.67. The number of hydrogen-bond acceptors (Lipinski definition) is 4. The second-order valence-corrected chi connectivity index (χ2v) is 4.82. The first-order valence-corrected chi connectivity index (χ1v) is 6.74. The highest BCUT2D eigenvalue weighted by molar-refractivity contribution is 5.49. The van der Waals surface area contributed by atoms with Crippen LogP contribution in [0.5, 0.6) is 0 Å². The average Bonchev–Trinajstić information content (AvgIpc) is 2.35. The molecule has 0 aromatic heterocycles. The summed E-state index contributed by atoms with van der Waals surface area (Å²) >= 11 is 0. The fourth-order valence-corrected chi connectivity index (χ4v) is 2.05. The average molecular weight is 260 g/mol. The van der Waals surface area contributed by atoms with Crippen molar-refractivity contribution >= 4 is 6.29 Å². The predicted molar refractivity (Wildman–Crippen MR) is 71.5 cm³/mol. The first kappa shape index (κ1) is 17.6. The zero-order valence-electron chi connectivity index (χ0n) is 12.2. The van der Waals surface area contributed by atoms with Gasteiger partial charge in [-0.3, -0.25) is 0 Å². The van der Waals surface area contributed by atoms with Gasteiger partial charge in [-0.15, -0.1) is 0 Å². The Bertz CT molecular complexity index is 196. The van der Waals surface area contributed by atoms with Gasteiger partial charge in [0.05, 0.1) is 12.2 Å². The molecule has 0 aliphatic heterocycles. The van der Waals surface area contributed by atoms with E-state index in [1.165, 1.54) is 0 Å². The lowest BCUT2D eigenvalue weighted by Gasteiger charge is -2.24. The molecule has 0 heterocycles. The van der Waals surface area contributed by atoms with Crippen molar-refractivity contribution in [3.05, 3.63) is 0 Å². The molecule has 0 saturated heterocycles. The van der Waals surface area contributed by atoms with E-state index >= 15 is 0 Å². The van der Waals surface area contributed by atoms with Gasteiger partial charge in [0, 0.05) is 20.6 Å². The SMILES string of the molecule is CCC[C@@H](C[C@H](C[C@H](C)CC=O)OC)OCOC. The van der Waals surface area contributed by atoms with Crippen molar-refractivity contribution in [2.24, 2.45) is 5.92 Å². The molecular weight excluding hydrogens is 232 g/mol. The lowest BCUT2D eigenvalue weighted by Crippen LogP contribution is -2.25. The molecule has 4 heteroatoms. The molecule has 0 amide bonds. The number of carbonyl (C=O) groups excluding carboxylic acids is 1. The van der Waals surface area contributed by atoms with Crippen LogP contribution in [0.1, 0.15) is 46.0 Å². The molecule has 0 N–H and O–H groups in total. The number of rotatable bonds is 12. The zero-order valence-corrected chi connectivity index (χ0v) is 12.2. The molecule has 0 spiro atoms. The Balaban J connectivity index is 4.13. The van der Waals surface area contributed by atoms with Gasteiger partial charge in [-0.05, 0) is 25.2 Å². The molecular formula is C14H28O4. The van der Waals surface area contributed by atoms with Crippen LogP contribution in [0.25, 0.3) is 0 Å². The van der Waals surface area contributed by atoms with Crippen LogP contribution in [0.3, 0.4) is 0 Å². The van der Waals surface area contributed by atoms with Crippen LogP contribution < -0.4 is 0 Å². The third-order valence-corrected chi connectivity index (χ3v) is 3.06. The lowest BCUT2D eigenvalue weighted by atomic mass is 9.96. The molecule has 0 rings (SSSR count). The minimum atomic E-state index is 0.147. The highest BCUT2D eigenvalue weighted by Gasteiger charge is 2.18. The van der Waals surface area contributed by atoms with Crippen LogP contribution >= 0.6 is 0 Å². The van der Waals surface area contributed by atoms with Gasteiger partial charge in [-0.25, -0.2) is 0 Å². The smallest absolute Gasteiger partial charge is 0.146 e. The maximum atomic E-state index is 10.5. The summed E-state index contributed by atoms with van der Waals surface area (Å²) in [5.41, 5.74) is 0. The summed E-state index contributed by atoms with van der Waals surface area (Å²) in [7, 11) is 3.35. The summed E-state index contributed by atoms with van der Waals surface area (Å²) in [5.74, 6) is 0.358. The molecule has 0 aromatic rings. The number of carbonyl (C=O) groups is 1. The Kier molecular flexibility index (Phi) is 11.3. The molecule has 108 valence electrons. The second-order valence-electron chi connectivity index (χ2n) is 4.82. The Hall–Kier alpha value is -0.450. The molecule has 0 fully saturated rings. The van der Waals surface area contributed by atoms with Crippen LogP contribution in [-0.2, 0) is 19.0 Å². The van der Waals surface area contributed by atoms with E-state index in [0.29, 0.717) is 19.1 Å². The van der Waals surface area contributed by atoms with E-state index in [2.05, 4.69) is 13.8 Å². The highest BCUT2D eigenvalue weighted by atomic mass is 16.7. The van der Waals surface area contributed by atoms with Crippen molar-refractivity contribution < 1.29 is 19.0 Å². The van der Waals surface area contributed by atoms with E-state index in [-0.39, 0.29) is 12.2 Å². The van der Waals surface area contributed by atoms with Crippen molar-refractivity contribution in [2.45, 2.75) is 58.2 Å². The summed E-state index contributed by atoms with van der Waals surface area (Å²) in [4.78, 5) is 10.5. The third kappa shape index (κ3) is 8.61. The van der Waals surface area contributed by atoms with E-state index in [1.807, 2.05) is 0 Å². The molecule has 0 radical (unpaired) electrons. The fraction of sp³-hybridized carbons (Fsp3) is 0.929. The molecule has 0 bridgehead atoms. The van der Waals surface area contributed by atoms with E-state index in [9.17, 15) is 4.79 Å². The van der Waals surface area contributed by atoms with E-state index < -0.39 is 0 Å². The molecule has 4 nitrogen and oxygen atoms in total. The molecule has 0 aliphatic carbocycles. The van der Waals surface area contributed by atoms with Gasteiger partial charge in [-0.1, -0.05) is 20.3 Å². The van der Waals surface area contributed by atoms with Crippen LogP contribution in [0.4, 0.5) is 0 Å². The van der Waals surface area contributed by atoms with Crippen molar-refractivity contribution in [1.82, 2.24) is 0 Å². The minimum absolute atomic E-state index is 0.147. The molecule has 0 saturated carbocycles. The normalized spacial score (nSPS) is 16.2.